The molecule has 0 heterocycles. The smallest absolute Gasteiger partial charge is 0.305 e. The van der Waals surface area contributed by atoms with Gasteiger partial charge in [-0.2, -0.15) is 0 Å². The molecule has 0 aliphatic carbocycles. The molecule has 1 aromatic rings. The number of ether oxygens (including phenoxy) is 1. The molecule has 2 N–H and O–H groups in total. The summed E-state index contributed by atoms with van der Waals surface area (Å²) in [4.78, 5) is 15.7. The number of benzene rings is 1. The molecule has 0 saturated heterocycles. The Morgan fingerprint density at radius 1 is 1.08 bits per heavy atom. The molecule has 1 aromatic carbocycles. The highest BCUT2D eigenvalue weighted by molar-refractivity contribution is 14.0. The molecule has 0 radical (unpaired) electrons. The van der Waals surface area contributed by atoms with Crippen LogP contribution in [-0.2, 0) is 22.5 Å². The van der Waals surface area contributed by atoms with E-state index in [0.717, 1.165) is 44.7 Å². The highest BCUT2D eigenvalue weighted by atomic mass is 127. The monoisotopic (exact) mass is 461 g/mol. The zero-order valence-corrected chi connectivity index (χ0v) is 18.0. The van der Waals surface area contributed by atoms with Crippen LogP contribution in [0.3, 0.4) is 0 Å². The van der Waals surface area contributed by atoms with Crippen LogP contribution in [0.4, 0.5) is 0 Å². The lowest BCUT2D eigenvalue weighted by molar-refractivity contribution is -0.140. The highest BCUT2D eigenvalue weighted by Crippen LogP contribution is 2.10. The van der Waals surface area contributed by atoms with Crippen molar-refractivity contribution in [2.24, 2.45) is 4.99 Å². The summed E-state index contributed by atoms with van der Waals surface area (Å²) in [6.07, 6.45) is 4.40. The molecule has 142 valence electrons. The average molecular weight is 461 g/mol. The lowest BCUT2D eigenvalue weighted by Gasteiger charge is -2.12. The Balaban J connectivity index is 0.00000576. The summed E-state index contributed by atoms with van der Waals surface area (Å²) >= 11 is 0. The van der Waals surface area contributed by atoms with Crippen molar-refractivity contribution in [3.8, 4) is 0 Å². The number of unbranched alkanes of at least 4 members (excludes halogenated alkanes) is 2. The van der Waals surface area contributed by atoms with Gasteiger partial charge in [0.15, 0.2) is 5.96 Å². The maximum Gasteiger partial charge on any atom is 0.305 e. The normalized spacial score (nSPS) is 10.8. The summed E-state index contributed by atoms with van der Waals surface area (Å²) in [5, 5.41) is 6.63. The Morgan fingerprint density at radius 3 is 2.44 bits per heavy atom. The van der Waals surface area contributed by atoms with E-state index in [9.17, 15) is 4.79 Å². The number of aryl methyl sites for hydroxylation is 1. The highest BCUT2D eigenvalue weighted by Gasteiger charge is 2.02. The molecule has 6 heteroatoms. The summed E-state index contributed by atoms with van der Waals surface area (Å²) < 4.78 is 4.64. The van der Waals surface area contributed by atoms with Crippen LogP contribution in [0.1, 0.15) is 50.7 Å². The Hall–Kier alpha value is -1.31. The number of nitrogens with zero attached hydrogens (tertiary/aromatic N) is 1. The van der Waals surface area contributed by atoms with Crippen molar-refractivity contribution in [2.45, 2.75) is 52.5 Å². The molecular weight excluding hydrogens is 429 g/mol. The molecule has 5 nitrogen and oxygen atoms in total. The van der Waals surface area contributed by atoms with Crippen molar-refractivity contribution in [1.29, 1.82) is 0 Å². The zero-order chi connectivity index (χ0) is 17.6. The van der Waals surface area contributed by atoms with Gasteiger partial charge in [0.25, 0.3) is 0 Å². The predicted octanol–water partition coefficient (Wildman–Crippen LogP) is 3.66. The standard InChI is InChI=1S/C19H31N3O2.HI/c1-4-16-11-8-9-12-17(16)15-22-19(20-5-2)21-14-10-6-7-13-18(23)24-3;/h8-9,11-12H,4-7,10,13-15H2,1-3H3,(H2,20,21,22);1H. The van der Waals surface area contributed by atoms with E-state index in [1.54, 1.807) is 0 Å². The number of aliphatic imine (C=N–C) groups is 1. The second-order valence-electron chi connectivity index (χ2n) is 5.63. The van der Waals surface area contributed by atoms with Crippen molar-refractivity contribution < 1.29 is 9.53 Å². The molecule has 0 bridgehead atoms. The second-order valence-corrected chi connectivity index (χ2v) is 5.63. The maximum absolute atomic E-state index is 11.0. The van der Waals surface area contributed by atoms with Gasteiger partial charge in [-0.15, -0.1) is 24.0 Å². The van der Waals surface area contributed by atoms with Crippen molar-refractivity contribution in [2.75, 3.05) is 20.2 Å². The van der Waals surface area contributed by atoms with E-state index in [1.165, 1.54) is 18.2 Å². The number of hydrogen-bond acceptors (Lipinski definition) is 3. The molecule has 0 saturated carbocycles. The third kappa shape index (κ3) is 10.3. The fourth-order valence-corrected chi connectivity index (χ4v) is 2.44. The van der Waals surface area contributed by atoms with Crippen LogP contribution in [0.2, 0.25) is 0 Å². The fourth-order valence-electron chi connectivity index (χ4n) is 2.44. The van der Waals surface area contributed by atoms with Crippen molar-refractivity contribution >= 4 is 35.9 Å². The minimum atomic E-state index is -0.132. The van der Waals surface area contributed by atoms with Crippen LogP contribution in [0, 0.1) is 0 Å². The largest absolute Gasteiger partial charge is 0.469 e. The number of hydrogen-bond donors (Lipinski definition) is 2. The predicted molar refractivity (Wildman–Crippen MR) is 115 cm³/mol. The third-order valence-electron chi connectivity index (χ3n) is 3.83. The van der Waals surface area contributed by atoms with E-state index in [4.69, 9.17) is 0 Å². The summed E-state index contributed by atoms with van der Waals surface area (Å²) in [7, 11) is 1.43. The van der Waals surface area contributed by atoms with E-state index in [-0.39, 0.29) is 29.9 Å². The van der Waals surface area contributed by atoms with Crippen LogP contribution in [0.5, 0.6) is 0 Å². The molecule has 0 aromatic heterocycles. The molecule has 0 unspecified atom stereocenters. The number of rotatable bonds is 10. The lowest BCUT2D eigenvalue weighted by Crippen LogP contribution is -2.37. The summed E-state index contributed by atoms with van der Waals surface area (Å²) in [6.45, 7) is 6.60. The van der Waals surface area contributed by atoms with Gasteiger partial charge in [-0.05, 0) is 37.3 Å². The van der Waals surface area contributed by atoms with E-state index in [2.05, 4.69) is 58.5 Å². The van der Waals surface area contributed by atoms with E-state index in [0.29, 0.717) is 13.0 Å². The van der Waals surface area contributed by atoms with Gasteiger partial charge in [0.2, 0.25) is 0 Å². The van der Waals surface area contributed by atoms with Crippen LogP contribution < -0.4 is 10.6 Å². The molecule has 1 rings (SSSR count). The summed E-state index contributed by atoms with van der Waals surface area (Å²) in [5.74, 6) is 0.712. The van der Waals surface area contributed by atoms with E-state index >= 15 is 0 Å². The fraction of sp³-hybridized carbons (Fsp3) is 0.579. The van der Waals surface area contributed by atoms with Gasteiger partial charge in [0, 0.05) is 19.5 Å². The van der Waals surface area contributed by atoms with Crippen molar-refractivity contribution in [3.05, 3.63) is 35.4 Å². The Labute approximate surface area is 169 Å². The Morgan fingerprint density at radius 2 is 1.80 bits per heavy atom. The van der Waals surface area contributed by atoms with Crippen molar-refractivity contribution in [1.82, 2.24) is 10.6 Å². The number of halogens is 1. The molecule has 0 aliphatic rings. The van der Waals surface area contributed by atoms with Gasteiger partial charge >= 0.3 is 5.97 Å². The maximum atomic E-state index is 11.0. The molecular formula is C19H32IN3O2. The lowest BCUT2D eigenvalue weighted by atomic mass is 10.1. The number of methoxy groups -OCH3 is 1. The quantitative estimate of drug-likeness (QED) is 0.184. The minimum Gasteiger partial charge on any atom is -0.469 e. The van der Waals surface area contributed by atoms with Gasteiger partial charge in [-0.25, -0.2) is 4.99 Å². The SMILES string of the molecule is CCNC(=NCc1ccccc1CC)NCCCCCC(=O)OC.I. The average Bonchev–Trinajstić information content (AvgIpc) is 2.62. The third-order valence-corrected chi connectivity index (χ3v) is 3.83. The number of carbonyl (C=O) groups excluding carboxylic acids is 1. The topological polar surface area (TPSA) is 62.7 Å². The van der Waals surface area contributed by atoms with Crippen LogP contribution >= 0.6 is 24.0 Å². The number of carbonyl (C=O) groups is 1. The summed E-state index contributed by atoms with van der Waals surface area (Å²) in [5.41, 5.74) is 2.62. The minimum absolute atomic E-state index is 0. The first-order chi connectivity index (χ1) is 11.7. The zero-order valence-electron chi connectivity index (χ0n) is 15.6. The van der Waals surface area contributed by atoms with Crippen LogP contribution in [-0.4, -0.2) is 32.1 Å². The van der Waals surface area contributed by atoms with Gasteiger partial charge in [-0.1, -0.05) is 37.6 Å². The first-order valence-corrected chi connectivity index (χ1v) is 8.87. The first kappa shape index (κ1) is 23.7. The molecule has 0 amide bonds. The second kappa shape index (κ2) is 15.0. The molecule has 25 heavy (non-hydrogen) atoms. The first-order valence-electron chi connectivity index (χ1n) is 8.87. The Bertz CT molecular complexity index is 521. The van der Waals surface area contributed by atoms with Crippen LogP contribution in [0.15, 0.2) is 29.3 Å². The van der Waals surface area contributed by atoms with Gasteiger partial charge in [0.1, 0.15) is 0 Å². The van der Waals surface area contributed by atoms with E-state index in [1.807, 2.05) is 0 Å². The molecule has 0 aliphatic heterocycles. The number of guanidine groups is 1. The molecule has 0 spiro atoms. The summed E-state index contributed by atoms with van der Waals surface area (Å²) in [6, 6.07) is 8.43. The molecule has 0 fully saturated rings. The van der Waals surface area contributed by atoms with Gasteiger partial charge < -0.3 is 15.4 Å². The molecule has 0 atom stereocenters. The number of nitrogens with one attached hydrogen (secondary N) is 2. The van der Waals surface area contributed by atoms with E-state index < -0.39 is 0 Å². The van der Waals surface area contributed by atoms with Crippen molar-refractivity contribution in [3.63, 3.8) is 0 Å². The number of esters is 1. The van der Waals surface area contributed by atoms with Gasteiger partial charge in [0.05, 0.1) is 13.7 Å². The Kier molecular flexibility index (Phi) is 14.2. The van der Waals surface area contributed by atoms with Gasteiger partial charge in [-0.3, -0.25) is 4.79 Å². The van der Waals surface area contributed by atoms with Crippen LogP contribution in [0.25, 0.3) is 0 Å².